The fourth-order valence-electron chi connectivity index (χ4n) is 3.77. The molecule has 0 saturated carbocycles. The van der Waals surface area contributed by atoms with Crippen LogP contribution in [0.15, 0.2) is 72.8 Å². The Kier molecular flexibility index (Phi) is 6.83. The number of nitrogens with one attached hydrogen (secondary N) is 1. The van der Waals surface area contributed by atoms with Gasteiger partial charge in [-0.05, 0) is 56.7 Å². The number of aromatic nitrogens is 2. The van der Waals surface area contributed by atoms with Gasteiger partial charge in [0.25, 0.3) is 5.91 Å². The van der Waals surface area contributed by atoms with Gasteiger partial charge in [0, 0.05) is 35.1 Å². The SMILES string of the molecule is CCN(CC)C(=O)COc1ccc(-c2nnc(Nc3ccccc3C)c3ccccc23)cc1. The van der Waals surface area contributed by atoms with Crippen LogP contribution in [0.2, 0.25) is 0 Å². The summed E-state index contributed by atoms with van der Waals surface area (Å²) in [6.07, 6.45) is 0. The summed E-state index contributed by atoms with van der Waals surface area (Å²) in [5, 5.41) is 14.5. The highest BCUT2D eigenvalue weighted by Crippen LogP contribution is 2.32. The lowest BCUT2D eigenvalue weighted by molar-refractivity contribution is -0.132. The summed E-state index contributed by atoms with van der Waals surface area (Å²) < 4.78 is 5.69. The van der Waals surface area contributed by atoms with E-state index in [4.69, 9.17) is 4.74 Å². The number of carbonyl (C=O) groups is 1. The van der Waals surface area contributed by atoms with Crippen molar-refractivity contribution >= 4 is 28.2 Å². The second-order valence-corrected chi connectivity index (χ2v) is 7.76. The molecule has 1 aromatic heterocycles. The second-order valence-electron chi connectivity index (χ2n) is 7.76. The number of para-hydroxylation sites is 1. The van der Waals surface area contributed by atoms with Gasteiger partial charge in [0.1, 0.15) is 11.4 Å². The number of carbonyl (C=O) groups excluding carboxylic acids is 1. The predicted molar refractivity (Wildman–Crippen MR) is 133 cm³/mol. The number of aryl methyl sites for hydroxylation is 1. The number of hydrogen-bond donors (Lipinski definition) is 1. The van der Waals surface area contributed by atoms with Gasteiger partial charge in [0.2, 0.25) is 0 Å². The van der Waals surface area contributed by atoms with E-state index in [0.29, 0.717) is 18.8 Å². The summed E-state index contributed by atoms with van der Waals surface area (Å²) in [5.74, 6) is 1.35. The smallest absolute Gasteiger partial charge is 0.260 e. The van der Waals surface area contributed by atoms with E-state index in [0.717, 1.165) is 39.1 Å². The van der Waals surface area contributed by atoms with Crippen LogP contribution in [-0.4, -0.2) is 40.7 Å². The van der Waals surface area contributed by atoms with E-state index in [9.17, 15) is 4.79 Å². The van der Waals surface area contributed by atoms with E-state index in [2.05, 4.69) is 34.6 Å². The molecule has 0 aliphatic carbocycles. The largest absolute Gasteiger partial charge is 0.484 e. The highest BCUT2D eigenvalue weighted by molar-refractivity contribution is 6.00. The van der Waals surface area contributed by atoms with Crippen LogP contribution >= 0.6 is 0 Å². The molecule has 0 aliphatic heterocycles. The zero-order chi connectivity index (χ0) is 23.2. The monoisotopic (exact) mass is 440 g/mol. The fraction of sp³-hybridized carbons (Fsp3) is 0.222. The molecule has 0 unspecified atom stereocenters. The van der Waals surface area contributed by atoms with Gasteiger partial charge in [-0.15, -0.1) is 10.2 Å². The molecule has 0 bridgehead atoms. The highest BCUT2D eigenvalue weighted by Gasteiger charge is 2.13. The van der Waals surface area contributed by atoms with Crippen LogP contribution in [0.4, 0.5) is 11.5 Å². The zero-order valence-corrected chi connectivity index (χ0v) is 19.2. The summed E-state index contributed by atoms with van der Waals surface area (Å²) in [5.41, 5.74) is 3.88. The summed E-state index contributed by atoms with van der Waals surface area (Å²) >= 11 is 0. The van der Waals surface area contributed by atoms with Crippen molar-refractivity contribution in [1.82, 2.24) is 15.1 Å². The Balaban J connectivity index is 1.58. The Morgan fingerprint density at radius 2 is 1.55 bits per heavy atom. The number of nitrogens with zero attached hydrogens (tertiary/aromatic N) is 3. The minimum atomic E-state index is -0.0160. The number of ether oxygens (including phenoxy) is 1. The first-order valence-electron chi connectivity index (χ1n) is 11.2. The molecule has 1 heterocycles. The minimum Gasteiger partial charge on any atom is -0.484 e. The van der Waals surface area contributed by atoms with Gasteiger partial charge in [0.15, 0.2) is 12.4 Å². The van der Waals surface area contributed by atoms with E-state index in [1.54, 1.807) is 4.90 Å². The molecule has 4 aromatic rings. The number of benzene rings is 3. The predicted octanol–water partition coefficient (Wildman–Crippen LogP) is 5.60. The lowest BCUT2D eigenvalue weighted by Gasteiger charge is -2.18. The molecule has 0 aliphatic rings. The Morgan fingerprint density at radius 1 is 0.879 bits per heavy atom. The van der Waals surface area contributed by atoms with Crippen LogP contribution in [-0.2, 0) is 4.79 Å². The van der Waals surface area contributed by atoms with Crippen molar-refractivity contribution in [1.29, 1.82) is 0 Å². The molecule has 168 valence electrons. The summed E-state index contributed by atoms with van der Waals surface area (Å²) in [7, 11) is 0. The zero-order valence-electron chi connectivity index (χ0n) is 19.2. The van der Waals surface area contributed by atoms with Crippen LogP contribution in [0.1, 0.15) is 19.4 Å². The first kappa shape index (κ1) is 22.3. The topological polar surface area (TPSA) is 67.4 Å². The van der Waals surface area contributed by atoms with Gasteiger partial charge in [-0.3, -0.25) is 4.79 Å². The van der Waals surface area contributed by atoms with Crippen LogP contribution in [0.3, 0.4) is 0 Å². The van der Waals surface area contributed by atoms with Gasteiger partial charge in [0.05, 0.1) is 0 Å². The van der Waals surface area contributed by atoms with Crippen molar-refractivity contribution in [2.24, 2.45) is 0 Å². The van der Waals surface area contributed by atoms with Crippen LogP contribution in [0.25, 0.3) is 22.0 Å². The number of fused-ring (bicyclic) bond motifs is 1. The third kappa shape index (κ3) is 4.95. The van der Waals surface area contributed by atoms with Crippen molar-refractivity contribution in [3.05, 3.63) is 78.4 Å². The molecule has 1 N–H and O–H groups in total. The molecule has 1 amide bonds. The van der Waals surface area contributed by atoms with Crippen LogP contribution < -0.4 is 10.1 Å². The molecule has 0 atom stereocenters. The van der Waals surface area contributed by atoms with Crippen molar-refractivity contribution in [3.8, 4) is 17.0 Å². The molecule has 3 aromatic carbocycles. The van der Waals surface area contributed by atoms with E-state index in [1.807, 2.05) is 74.5 Å². The average molecular weight is 441 g/mol. The maximum atomic E-state index is 12.2. The lowest BCUT2D eigenvalue weighted by Crippen LogP contribution is -2.34. The standard InChI is InChI=1S/C27H28N4O2/c1-4-31(5-2)25(32)18-33-21-16-14-20(15-17-21)26-22-11-7-8-12-23(22)27(30-29-26)28-24-13-9-6-10-19(24)3/h6-17H,4-5,18H2,1-3H3,(H,28,30). The Hall–Kier alpha value is -3.93. The molecule has 0 spiro atoms. The molecule has 33 heavy (non-hydrogen) atoms. The van der Waals surface area contributed by atoms with Gasteiger partial charge in [-0.25, -0.2) is 0 Å². The minimum absolute atomic E-state index is 0.0160. The van der Waals surface area contributed by atoms with Crippen LogP contribution in [0.5, 0.6) is 5.75 Å². The first-order chi connectivity index (χ1) is 16.1. The van der Waals surface area contributed by atoms with Gasteiger partial charge in [-0.1, -0.05) is 42.5 Å². The third-order valence-electron chi connectivity index (χ3n) is 5.69. The quantitative estimate of drug-likeness (QED) is 0.386. The van der Waals surface area contributed by atoms with Crippen molar-refractivity contribution < 1.29 is 9.53 Å². The average Bonchev–Trinajstić information content (AvgIpc) is 2.85. The van der Waals surface area contributed by atoms with Crippen molar-refractivity contribution in [3.63, 3.8) is 0 Å². The van der Waals surface area contributed by atoms with E-state index in [1.165, 1.54) is 0 Å². The molecule has 0 fully saturated rings. The van der Waals surface area contributed by atoms with E-state index < -0.39 is 0 Å². The van der Waals surface area contributed by atoms with Crippen LogP contribution in [0, 0.1) is 6.92 Å². The molecule has 6 heteroatoms. The van der Waals surface area contributed by atoms with E-state index in [-0.39, 0.29) is 12.5 Å². The number of amides is 1. The number of likely N-dealkylation sites (N-methyl/N-ethyl adjacent to an activating group) is 1. The summed E-state index contributed by atoms with van der Waals surface area (Å²) in [4.78, 5) is 13.9. The first-order valence-corrected chi connectivity index (χ1v) is 11.2. The molecule has 0 radical (unpaired) electrons. The van der Waals surface area contributed by atoms with Gasteiger partial charge < -0.3 is 15.0 Å². The van der Waals surface area contributed by atoms with Gasteiger partial charge in [-0.2, -0.15) is 0 Å². The maximum absolute atomic E-state index is 12.2. The van der Waals surface area contributed by atoms with Crippen molar-refractivity contribution in [2.75, 3.05) is 25.0 Å². The molecule has 0 saturated heterocycles. The lowest BCUT2D eigenvalue weighted by atomic mass is 10.0. The molecule has 6 nitrogen and oxygen atoms in total. The summed E-state index contributed by atoms with van der Waals surface area (Å²) in [6.45, 7) is 7.37. The summed E-state index contributed by atoms with van der Waals surface area (Å²) in [6, 6.07) is 23.8. The third-order valence-corrected chi connectivity index (χ3v) is 5.69. The maximum Gasteiger partial charge on any atom is 0.260 e. The highest BCUT2D eigenvalue weighted by atomic mass is 16.5. The second kappa shape index (κ2) is 10.1. The normalized spacial score (nSPS) is 10.8. The molecular formula is C27H28N4O2. The Labute approximate surface area is 194 Å². The molecular weight excluding hydrogens is 412 g/mol. The number of anilines is 2. The Bertz CT molecular complexity index is 1250. The fourth-order valence-corrected chi connectivity index (χ4v) is 3.77. The number of rotatable bonds is 8. The molecule has 4 rings (SSSR count). The van der Waals surface area contributed by atoms with E-state index >= 15 is 0 Å². The van der Waals surface area contributed by atoms with Crippen molar-refractivity contribution in [2.45, 2.75) is 20.8 Å². The number of hydrogen-bond acceptors (Lipinski definition) is 5. The Morgan fingerprint density at radius 3 is 2.24 bits per heavy atom. The van der Waals surface area contributed by atoms with Gasteiger partial charge >= 0.3 is 0 Å².